The topological polar surface area (TPSA) is 125 Å². The first-order valence-corrected chi connectivity index (χ1v) is 4.65. The Kier molecular flexibility index (Phi) is 3.89. The fourth-order valence-corrected chi connectivity index (χ4v) is 1.21. The number of oxime groups is 1. The van der Waals surface area contributed by atoms with E-state index < -0.39 is 17.7 Å². The highest BCUT2D eigenvalue weighted by Crippen LogP contribution is 2.20. The Morgan fingerprint density at radius 1 is 1.41 bits per heavy atom. The highest BCUT2D eigenvalue weighted by atomic mass is 35.5. The van der Waals surface area contributed by atoms with Gasteiger partial charge in [0.2, 0.25) is 5.84 Å². The normalized spacial score (nSPS) is 11.0. The summed E-state index contributed by atoms with van der Waals surface area (Å²) in [6.45, 7) is 0. The number of hydrogen-bond donors (Lipinski definition) is 4. The summed E-state index contributed by atoms with van der Waals surface area (Å²) >= 11 is 5.64. The number of carbonyl (C=O) groups is 2. The molecule has 1 rings (SSSR count). The summed E-state index contributed by atoms with van der Waals surface area (Å²) in [7, 11) is 0. The molecule has 0 saturated heterocycles. The summed E-state index contributed by atoms with van der Waals surface area (Å²) in [5.41, 5.74) is 5.04. The maximum Gasteiger partial charge on any atom is 0.337 e. The molecule has 0 spiro atoms. The van der Waals surface area contributed by atoms with Crippen LogP contribution in [0.2, 0.25) is 5.02 Å². The number of carboxylic acid groups (broad SMARTS) is 1. The van der Waals surface area contributed by atoms with E-state index in [-0.39, 0.29) is 16.3 Å². The van der Waals surface area contributed by atoms with E-state index in [1.165, 1.54) is 12.1 Å². The number of aromatic carboxylic acids is 1. The summed E-state index contributed by atoms with van der Waals surface area (Å²) in [6.07, 6.45) is 0. The number of rotatable bonds is 2. The Bertz CT molecular complexity index is 501. The van der Waals surface area contributed by atoms with E-state index >= 15 is 0 Å². The Morgan fingerprint density at radius 3 is 2.59 bits per heavy atom. The first-order valence-electron chi connectivity index (χ1n) is 4.27. The van der Waals surface area contributed by atoms with E-state index in [0.717, 1.165) is 6.07 Å². The van der Waals surface area contributed by atoms with Crippen molar-refractivity contribution < 1.29 is 19.9 Å². The number of nitrogens with zero attached hydrogens (tertiary/aromatic N) is 1. The third-order valence-corrected chi connectivity index (χ3v) is 2.12. The maximum atomic E-state index is 11.2. The van der Waals surface area contributed by atoms with Crippen LogP contribution in [-0.2, 0) is 4.79 Å². The van der Waals surface area contributed by atoms with Crippen LogP contribution in [0.25, 0.3) is 0 Å². The van der Waals surface area contributed by atoms with Crippen molar-refractivity contribution in [2.45, 2.75) is 0 Å². The number of halogens is 1. The lowest BCUT2D eigenvalue weighted by Gasteiger charge is -2.05. The molecule has 7 nitrogen and oxygen atoms in total. The molecule has 0 aliphatic carbocycles. The van der Waals surface area contributed by atoms with Crippen LogP contribution < -0.4 is 11.1 Å². The molecule has 8 heteroatoms. The van der Waals surface area contributed by atoms with E-state index in [2.05, 4.69) is 10.5 Å². The Balaban J connectivity index is 2.98. The molecule has 0 aliphatic rings. The van der Waals surface area contributed by atoms with Crippen LogP contribution in [-0.4, -0.2) is 28.0 Å². The molecule has 90 valence electrons. The second kappa shape index (κ2) is 5.17. The third kappa shape index (κ3) is 3.08. The van der Waals surface area contributed by atoms with Gasteiger partial charge in [0, 0.05) is 5.69 Å². The molecule has 1 aromatic carbocycles. The molecule has 0 bridgehead atoms. The smallest absolute Gasteiger partial charge is 0.337 e. The lowest BCUT2D eigenvalue weighted by atomic mass is 10.2. The Morgan fingerprint density at radius 2 is 2.06 bits per heavy atom. The van der Waals surface area contributed by atoms with Gasteiger partial charge in [0.25, 0.3) is 5.91 Å². The van der Waals surface area contributed by atoms with Crippen molar-refractivity contribution in [2.24, 2.45) is 10.9 Å². The standard InChI is InChI=1S/C9H8ClN3O4/c10-6-2-1-4(3-5(6)9(15)16)12-8(14)7(11)13-17/h1-3,17H,(H2,11,13)(H,12,14)(H,15,16). The molecule has 0 aromatic heterocycles. The van der Waals surface area contributed by atoms with Crippen molar-refractivity contribution >= 4 is 35.0 Å². The maximum absolute atomic E-state index is 11.2. The summed E-state index contributed by atoms with van der Waals surface area (Å²) in [4.78, 5) is 22.0. The quantitative estimate of drug-likeness (QED) is 0.269. The largest absolute Gasteiger partial charge is 0.478 e. The molecule has 0 saturated carbocycles. The van der Waals surface area contributed by atoms with Crippen LogP contribution >= 0.6 is 11.6 Å². The zero-order valence-electron chi connectivity index (χ0n) is 8.35. The van der Waals surface area contributed by atoms with Crippen molar-refractivity contribution in [1.82, 2.24) is 0 Å². The molecule has 0 aliphatic heterocycles. The minimum Gasteiger partial charge on any atom is -0.478 e. The lowest BCUT2D eigenvalue weighted by molar-refractivity contribution is -0.110. The number of carboxylic acids is 1. The van der Waals surface area contributed by atoms with Gasteiger partial charge in [-0.2, -0.15) is 0 Å². The predicted octanol–water partition coefficient (Wildman–Crippen LogP) is 0.723. The van der Waals surface area contributed by atoms with E-state index in [1.54, 1.807) is 0 Å². The van der Waals surface area contributed by atoms with E-state index in [4.69, 9.17) is 27.6 Å². The fraction of sp³-hybridized carbons (Fsp3) is 0. The van der Waals surface area contributed by atoms with E-state index in [1.807, 2.05) is 0 Å². The minimum atomic E-state index is -1.23. The zero-order chi connectivity index (χ0) is 13.0. The number of benzene rings is 1. The monoisotopic (exact) mass is 257 g/mol. The van der Waals surface area contributed by atoms with E-state index in [0.29, 0.717) is 0 Å². The van der Waals surface area contributed by atoms with Crippen LogP contribution in [0.3, 0.4) is 0 Å². The summed E-state index contributed by atoms with van der Waals surface area (Å²) in [5, 5.41) is 21.8. The molecule has 1 amide bonds. The van der Waals surface area contributed by atoms with Gasteiger partial charge in [-0.25, -0.2) is 4.79 Å². The highest BCUT2D eigenvalue weighted by molar-refractivity contribution is 6.41. The molecule has 0 radical (unpaired) electrons. The second-order valence-electron chi connectivity index (χ2n) is 2.94. The van der Waals surface area contributed by atoms with Crippen molar-refractivity contribution in [2.75, 3.05) is 5.32 Å². The number of carbonyl (C=O) groups excluding carboxylic acids is 1. The number of amides is 1. The van der Waals surface area contributed by atoms with Gasteiger partial charge in [0.15, 0.2) is 0 Å². The van der Waals surface area contributed by atoms with Crippen molar-refractivity contribution in [3.05, 3.63) is 28.8 Å². The van der Waals surface area contributed by atoms with Gasteiger partial charge in [0.05, 0.1) is 10.6 Å². The summed E-state index contributed by atoms with van der Waals surface area (Å²) in [5.74, 6) is -2.72. The average Bonchev–Trinajstić information content (AvgIpc) is 2.30. The van der Waals surface area contributed by atoms with Crippen LogP contribution in [0.15, 0.2) is 23.4 Å². The molecule has 1 aromatic rings. The Hall–Kier alpha value is -2.28. The first-order chi connectivity index (χ1) is 7.95. The molecule has 0 fully saturated rings. The first kappa shape index (κ1) is 12.8. The van der Waals surface area contributed by atoms with Crippen LogP contribution in [0.1, 0.15) is 10.4 Å². The number of hydrogen-bond acceptors (Lipinski definition) is 4. The molecule has 0 unspecified atom stereocenters. The van der Waals surface area contributed by atoms with Crippen LogP contribution in [0.4, 0.5) is 5.69 Å². The molecule has 0 heterocycles. The molecule has 17 heavy (non-hydrogen) atoms. The van der Waals surface area contributed by atoms with Crippen LogP contribution in [0, 0.1) is 0 Å². The summed E-state index contributed by atoms with van der Waals surface area (Å²) in [6, 6.07) is 3.86. The zero-order valence-corrected chi connectivity index (χ0v) is 9.10. The lowest BCUT2D eigenvalue weighted by Crippen LogP contribution is -2.30. The number of amidine groups is 1. The van der Waals surface area contributed by atoms with Gasteiger partial charge in [-0.1, -0.05) is 16.8 Å². The average molecular weight is 258 g/mol. The number of nitrogens with two attached hydrogens (primary N) is 1. The van der Waals surface area contributed by atoms with Gasteiger partial charge < -0.3 is 21.4 Å². The molecular formula is C9H8ClN3O4. The third-order valence-electron chi connectivity index (χ3n) is 1.80. The predicted molar refractivity (Wildman–Crippen MR) is 60.4 cm³/mol. The van der Waals surface area contributed by atoms with Gasteiger partial charge >= 0.3 is 5.97 Å². The summed E-state index contributed by atoms with van der Waals surface area (Å²) < 4.78 is 0. The fourth-order valence-electron chi connectivity index (χ4n) is 1.01. The van der Waals surface area contributed by atoms with Crippen LogP contribution in [0.5, 0.6) is 0 Å². The Labute approximate surface area is 100 Å². The van der Waals surface area contributed by atoms with Crippen molar-refractivity contribution in [3.8, 4) is 0 Å². The van der Waals surface area contributed by atoms with Gasteiger partial charge in [-0.15, -0.1) is 0 Å². The second-order valence-corrected chi connectivity index (χ2v) is 3.35. The number of anilines is 1. The highest BCUT2D eigenvalue weighted by Gasteiger charge is 2.12. The van der Waals surface area contributed by atoms with Gasteiger partial charge in [0.1, 0.15) is 0 Å². The van der Waals surface area contributed by atoms with E-state index in [9.17, 15) is 9.59 Å². The van der Waals surface area contributed by atoms with Crippen molar-refractivity contribution in [1.29, 1.82) is 0 Å². The molecule has 5 N–H and O–H groups in total. The molecule has 0 atom stereocenters. The van der Waals surface area contributed by atoms with Gasteiger partial charge in [-0.3, -0.25) is 4.79 Å². The minimum absolute atomic E-state index is 0.0410. The number of nitrogens with one attached hydrogen (secondary N) is 1. The molecular weight excluding hydrogens is 250 g/mol. The van der Waals surface area contributed by atoms with Gasteiger partial charge in [-0.05, 0) is 18.2 Å². The van der Waals surface area contributed by atoms with Crippen molar-refractivity contribution in [3.63, 3.8) is 0 Å². The SMILES string of the molecule is N/C(=N/O)C(=O)Nc1ccc(Cl)c(C(=O)O)c1.